The minimum absolute atomic E-state index is 0.157. The lowest BCUT2D eigenvalue weighted by molar-refractivity contribution is -0.130. The van der Waals surface area contributed by atoms with E-state index in [1.807, 2.05) is 30.9 Å². The molecule has 0 fully saturated rings. The molecule has 1 rings (SSSR count). The standard InChI is InChI=1S/C17H28N2O2/c1-6-19(7-2)17(20)10-11-18-14(4)15-12-13(3)8-9-16(15)21-5/h8-9,12,14,18H,6-7,10-11H2,1-5H3. The Hall–Kier alpha value is -1.55. The molecule has 21 heavy (non-hydrogen) atoms. The van der Waals surface area contributed by atoms with Crippen molar-refractivity contribution in [2.75, 3.05) is 26.7 Å². The van der Waals surface area contributed by atoms with Gasteiger partial charge in [0.15, 0.2) is 0 Å². The molecule has 1 aromatic carbocycles. The molecule has 0 aliphatic rings. The van der Waals surface area contributed by atoms with Crippen LogP contribution in [-0.4, -0.2) is 37.6 Å². The lowest BCUT2D eigenvalue weighted by Crippen LogP contribution is -2.33. The van der Waals surface area contributed by atoms with Crippen molar-refractivity contribution in [1.29, 1.82) is 0 Å². The molecule has 1 N–H and O–H groups in total. The number of rotatable bonds is 8. The van der Waals surface area contributed by atoms with E-state index >= 15 is 0 Å². The van der Waals surface area contributed by atoms with Crippen LogP contribution in [-0.2, 0) is 4.79 Å². The fraction of sp³-hybridized carbons (Fsp3) is 0.588. The fourth-order valence-electron chi connectivity index (χ4n) is 2.43. The summed E-state index contributed by atoms with van der Waals surface area (Å²) >= 11 is 0. The first-order chi connectivity index (χ1) is 10.0. The third-order valence-electron chi connectivity index (χ3n) is 3.76. The van der Waals surface area contributed by atoms with Gasteiger partial charge in [0.1, 0.15) is 5.75 Å². The normalized spacial score (nSPS) is 12.0. The van der Waals surface area contributed by atoms with Crippen molar-refractivity contribution < 1.29 is 9.53 Å². The lowest BCUT2D eigenvalue weighted by Gasteiger charge is -2.21. The molecule has 4 nitrogen and oxygen atoms in total. The zero-order chi connectivity index (χ0) is 15.8. The van der Waals surface area contributed by atoms with Crippen LogP contribution < -0.4 is 10.1 Å². The number of amides is 1. The molecule has 0 aliphatic carbocycles. The van der Waals surface area contributed by atoms with E-state index in [0.29, 0.717) is 13.0 Å². The van der Waals surface area contributed by atoms with E-state index in [2.05, 4.69) is 25.2 Å². The maximum Gasteiger partial charge on any atom is 0.223 e. The van der Waals surface area contributed by atoms with Gasteiger partial charge in [-0.3, -0.25) is 4.79 Å². The van der Waals surface area contributed by atoms with E-state index in [9.17, 15) is 4.79 Å². The number of methoxy groups -OCH3 is 1. The first-order valence-corrected chi connectivity index (χ1v) is 7.69. The number of nitrogens with zero attached hydrogens (tertiary/aromatic N) is 1. The Balaban J connectivity index is 2.56. The van der Waals surface area contributed by atoms with Crippen LogP contribution in [0.5, 0.6) is 5.75 Å². The summed E-state index contributed by atoms with van der Waals surface area (Å²) in [7, 11) is 1.69. The highest BCUT2D eigenvalue weighted by atomic mass is 16.5. The second-order valence-corrected chi connectivity index (χ2v) is 5.24. The monoisotopic (exact) mass is 292 g/mol. The van der Waals surface area contributed by atoms with Crippen molar-refractivity contribution in [3.05, 3.63) is 29.3 Å². The molecule has 0 heterocycles. The van der Waals surface area contributed by atoms with Crippen molar-refractivity contribution in [2.24, 2.45) is 0 Å². The van der Waals surface area contributed by atoms with Crippen molar-refractivity contribution in [3.8, 4) is 5.75 Å². The van der Waals surface area contributed by atoms with Crippen molar-refractivity contribution in [2.45, 2.75) is 40.2 Å². The predicted octanol–water partition coefficient (Wildman–Crippen LogP) is 2.91. The first-order valence-electron chi connectivity index (χ1n) is 7.69. The van der Waals surface area contributed by atoms with Crippen molar-refractivity contribution in [1.82, 2.24) is 10.2 Å². The number of hydrogen-bond acceptors (Lipinski definition) is 3. The van der Waals surface area contributed by atoms with Crippen LogP contribution in [0.15, 0.2) is 18.2 Å². The van der Waals surface area contributed by atoms with E-state index in [1.54, 1.807) is 7.11 Å². The number of nitrogens with one attached hydrogen (secondary N) is 1. The van der Waals surface area contributed by atoms with Gasteiger partial charge in [0.05, 0.1) is 7.11 Å². The first kappa shape index (κ1) is 17.5. The Labute approximate surface area is 128 Å². The molecule has 0 aliphatic heterocycles. The molecule has 0 saturated heterocycles. The lowest BCUT2D eigenvalue weighted by atomic mass is 10.0. The minimum Gasteiger partial charge on any atom is -0.496 e. The Morgan fingerprint density at radius 3 is 2.57 bits per heavy atom. The van der Waals surface area contributed by atoms with Crippen molar-refractivity contribution >= 4 is 5.91 Å². The average Bonchev–Trinajstić information content (AvgIpc) is 2.48. The molecule has 0 spiro atoms. The summed E-state index contributed by atoms with van der Waals surface area (Å²) in [6.07, 6.45) is 0.528. The number of hydrogen-bond donors (Lipinski definition) is 1. The van der Waals surface area contributed by atoms with Crippen LogP contribution in [0.3, 0.4) is 0 Å². The molecule has 0 bridgehead atoms. The Bertz CT molecular complexity index is 456. The molecule has 0 aromatic heterocycles. The van der Waals surface area contributed by atoms with E-state index in [-0.39, 0.29) is 11.9 Å². The highest BCUT2D eigenvalue weighted by Gasteiger charge is 2.13. The molecule has 0 saturated carbocycles. The molecule has 1 aromatic rings. The summed E-state index contributed by atoms with van der Waals surface area (Å²) in [5.74, 6) is 1.09. The molecule has 1 unspecified atom stereocenters. The van der Waals surface area contributed by atoms with E-state index in [0.717, 1.165) is 24.4 Å². The van der Waals surface area contributed by atoms with E-state index in [4.69, 9.17) is 4.74 Å². The molecule has 4 heteroatoms. The minimum atomic E-state index is 0.157. The predicted molar refractivity (Wildman–Crippen MR) is 86.7 cm³/mol. The summed E-state index contributed by atoms with van der Waals surface area (Å²) in [4.78, 5) is 13.8. The highest BCUT2D eigenvalue weighted by molar-refractivity contribution is 5.76. The van der Waals surface area contributed by atoms with Crippen LogP contribution in [0, 0.1) is 6.92 Å². The van der Waals surface area contributed by atoms with Crippen LogP contribution in [0.4, 0.5) is 0 Å². The third-order valence-corrected chi connectivity index (χ3v) is 3.76. The second-order valence-electron chi connectivity index (χ2n) is 5.24. The van der Waals surface area contributed by atoms with Crippen LogP contribution in [0.25, 0.3) is 0 Å². The van der Waals surface area contributed by atoms with Gasteiger partial charge >= 0.3 is 0 Å². The number of ether oxygens (including phenoxy) is 1. The smallest absolute Gasteiger partial charge is 0.223 e. The summed E-state index contributed by atoms with van der Waals surface area (Å²) < 4.78 is 5.41. The molecule has 118 valence electrons. The van der Waals surface area contributed by atoms with Gasteiger partial charge < -0.3 is 15.0 Å². The molecule has 1 amide bonds. The molecule has 0 radical (unpaired) electrons. The van der Waals surface area contributed by atoms with Crippen molar-refractivity contribution in [3.63, 3.8) is 0 Å². The fourth-order valence-corrected chi connectivity index (χ4v) is 2.43. The van der Waals surface area contributed by atoms with Gasteiger partial charge in [-0.05, 0) is 33.8 Å². The van der Waals surface area contributed by atoms with Gasteiger partial charge in [-0.25, -0.2) is 0 Å². The number of carbonyl (C=O) groups excluding carboxylic acids is 1. The molecular formula is C17H28N2O2. The Morgan fingerprint density at radius 1 is 1.33 bits per heavy atom. The Kier molecular flexibility index (Phi) is 7.23. The number of carbonyl (C=O) groups is 1. The molecule has 1 atom stereocenters. The van der Waals surface area contributed by atoms with Crippen LogP contribution in [0.1, 0.15) is 44.4 Å². The maximum absolute atomic E-state index is 12.0. The van der Waals surface area contributed by atoms with Gasteiger partial charge in [-0.15, -0.1) is 0 Å². The van der Waals surface area contributed by atoms with Gasteiger partial charge in [-0.2, -0.15) is 0 Å². The number of benzene rings is 1. The van der Waals surface area contributed by atoms with E-state index < -0.39 is 0 Å². The average molecular weight is 292 g/mol. The Morgan fingerprint density at radius 2 is 2.00 bits per heavy atom. The summed E-state index contributed by atoms with van der Waals surface area (Å²) in [6.45, 7) is 10.4. The van der Waals surface area contributed by atoms with Gasteiger partial charge in [0.25, 0.3) is 0 Å². The van der Waals surface area contributed by atoms with Crippen LogP contribution in [0.2, 0.25) is 0 Å². The SMILES string of the molecule is CCN(CC)C(=O)CCNC(C)c1cc(C)ccc1OC. The highest BCUT2D eigenvalue weighted by Crippen LogP contribution is 2.25. The van der Waals surface area contributed by atoms with E-state index in [1.165, 1.54) is 5.56 Å². The molecular weight excluding hydrogens is 264 g/mol. The zero-order valence-corrected chi connectivity index (χ0v) is 13.9. The van der Waals surface area contributed by atoms with Gasteiger partial charge in [0.2, 0.25) is 5.91 Å². The van der Waals surface area contributed by atoms with Gasteiger partial charge in [0, 0.05) is 37.7 Å². The number of aryl methyl sites for hydroxylation is 1. The zero-order valence-electron chi connectivity index (χ0n) is 13.9. The summed E-state index contributed by atoms with van der Waals surface area (Å²) in [6, 6.07) is 6.32. The maximum atomic E-state index is 12.0. The largest absolute Gasteiger partial charge is 0.496 e. The van der Waals surface area contributed by atoms with Crippen LogP contribution >= 0.6 is 0 Å². The third kappa shape index (κ3) is 5.05. The topological polar surface area (TPSA) is 41.6 Å². The summed E-state index contributed by atoms with van der Waals surface area (Å²) in [5, 5.41) is 3.41. The summed E-state index contributed by atoms with van der Waals surface area (Å²) in [5.41, 5.74) is 2.34. The second kappa shape index (κ2) is 8.67. The van der Waals surface area contributed by atoms with Gasteiger partial charge in [-0.1, -0.05) is 17.7 Å². The quantitative estimate of drug-likeness (QED) is 0.801.